The molecule has 0 saturated carbocycles. The van der Waals surface area contributed by atoms with Crippen molar-refractivity contribution in [3.05, 3.63) is 77.1 Å². The summed E-state index contributed by atoms with van der Waals surface area (Å²) < 4.78 is 27.4. The van der Waals surface area contributed by atoms with Gasteiger partial charge in [-0.1, -0.05) is 12.1 Å². The van der Waals surface area contributed by atoms with Crippen LogP contribution in [0.5, 0.6) is 23.0 Å². The molecule has 2 aromatic carbocycles. The van der Waals surface area contributed by atoms with Gasteiger partial charge in [0.2, 0.25) is 5.91 Å². The Morgan fingerprint density at radius 2 is 1.70 bits per heavy atom. The summed E-state index contributed by atoms with van der Waals surface area (Å²) in [5, 5.41) is 0. The number of hydrogen-bond acceptors (Lipinski definition) is 9. The summed E-state index contributed by atoms with van der Waals surface area (Å²) in [7, 11) is 6.11. The maximum absolute atomic E-state index is 12.9. The van der Waals surface area contributed by atoms with Crippen molar-refractivity contribution >= 4 is 11.9 Å². The topological polar surface area (TPSA) is 122 Å². The Labute approximate surface area is 233 Å². The highest BCUT2D eigenvalue weighted by Crippen LogP contribution is 2.44. The fourth-order valence-corrected chi connectivity index (χ4v) is 5.24. The van der Waals surface area contributed by atoms with E-state index >= 15 is 0 Å². The van der Waals surface area contributed by atoms with Crippen molar-refractivity contribution in [3.8, 4) is 23.0 Å². The van der Waals surface area contributed by atoms with Crippen LogP contribution in [0.1, 0.15) is 28.4 Å². The van der Waals surface area contributed by atoms with Gasteiger partial charge in [0.25, 0.3) is 0 Å². The summed E-state index contributed by atoms with van der Waals surface area (Å²) in [5.74, 6) is 1.52. The summed E-state index contributed by atoms with van der Waals surface area (Å²) in [5.41, 5.74) is 9.53. The fraction of sp³-hybridized carbons (Fsp3) is 0.367. The van der Waals surface area contributed by atoms with E-state index in [1.165, 1.54) is 7.11 Å². The molecule has 4 rings (SSSR count). The lowest BCUT2D eigenvalue weighted by Crippen LogP contribution is -2.51. The molecular formula is C30H35N3O7. The molecule has 0 spiro atoms. The highest BCUT2D eigenvalue weighted by molar-refractivity contribution is 5.80. The lowest BCUT2D eigenvalue weighted by atomic mass is 9.85. The van der Waals surface area contributed by atoms with Gasteiger partial charge < -0.3 is 29.4 Å². The predicted octanol–water partition coefficient (Wildman–Crippen LogP) is 2.90. The Bertz CT molecular complexity index is 1330. The minimum atomic E-state index is -0.627. The number of rotatable bonds is 12. The number of esters is 1. The SMILES string of the molecule is COC(=O)COc1ccc(OC)c2c1CCN(C(Cc1ccccn1)C(N)=O)C2Cc1ccc(OC)c(OC)c1. The van der Waals surface area contributed by atoms with E-state index in [1.54, 1.807) is 33.6 Å². The normalized spacial score (nSPS) is 15.4. The number of hydrogen-bond donors (Lipinski definition) is 1. The molecule has 0 radical (unpaired) electrons. The van der Waals surface area contributed by atoms with Crippen LogP contribution in [0.3, 0.4) is 0 Å². The number of amides is 1. The van der Waals surface area contributed by atoms with Crippen LogP contribution in [0.25, 0.3) is 0 Å². The van der Waals surface area contributed by atoms with Crippen LogP contribution >= 0.6 is 0 Å². The zero-order valence-corrected chi connectivity index (χ0v) is 23.2. The molecule has 10 nitrogen and oxygen atoms in total. The van der Waals surface area contributed by atoms with Gasteiger partial charge in [0.05, 0.1) is 34.5 Å². The molecule has 2 atom stereocenters. The van der Waals surface area contributed by atoms with E-state index < -0.39 is 17.9 Å². The first-order valence-electron chi connectivity index (χ1n) is 12.9. The van der Waals surface area contributed by atoms with Gasteiger partial charge >= 0.3 is 5.97 Å². The first-order chi connectivity index (χ1) is 19.4. The molecule has 1 aliphatic rings. The van der Waals surface area contributed by atoms with Crippen LogP contribution in [0, 0.1) is 0 Å². The Morgan fingerprint density at radius 1 is 0.975 bits per heavy atom. The quantitative estimate of drug-likeness (QED) is 0.340. The van der Waals surface area contributed by atoms with Gasteiger partial charge in [-0.3, -0.25) is 14.7 Å². The first kappa shape index (κ1) is 28.7. The Morgan fingerprint density at radius 3 is 2.35 bits per heavy atom. The molecule has 1 aromatic heterocycles. The molecule has 3 aromatic rings. The van der Waals surface area contributed by atoms with Crippen molar-refractivity contribution in [2.75, 3.05) is 41.6 Å². The van der Waals surface area contributed by atoms with Crippen LogP contribution in [0.2, 0.25) is 0 Å². The minimum absolute atomic E-state index is 0.219. The van der Waals surface area contributed by atoms with Crippen molar-refractivity contribution in [3.63, 3.8) is 0 Å². The van der Waals surface area contributed by atoms with Crippen molar-refractivity contribution in [2.24, 2.45) is 5.73 Å². The number of nitrogens with zero attached hydrogens (tertiary/aromatic N) is 2. The zero-order chi connectivity index (χ0) is 28.6. The van der Waals surface area contributed by atoms with Crippen molar-refractivity contribution in [1.29, 1.82) is 0 Å². The number of ether oxygens (including phenoxy) is 5. The zero-order valence-electron chi connectivity index (χ0n) is 23.2. The number of nitrogens with two attached hydrogens (primary N) is 1. The molecule has 10 heteroatoms. The third-order valence-electron chi connectivity index (χ3n) is 7.16. The highest BCUT2D eigenvalue weighted by Gasteiger charge is 2.38. The third-order valence-corrected chi connectivity index (χ3v) is 7.16. The smallest absolute Gasteiger partial charge is 0.343 e. The van der Waals surface area contributed by atoms with Gasteiger partial charge in [0.1, 0.15) is 11.5 Å². The van der Waals surface area contributed by atoms with Gasteiger partial charge in [-0.05, 0) is 54.8 Å². The van der Waals surface area contributed by atoms with E-state index in [2.05, 4.69) is 9.88 Å². The molecule has 1 aliphatic heterocycles. The summed E-state index contributed by atoms with van der Waals surface area (Å²) in [6, 6.07) is 14.0. The molecule has 0 aliphatic carbocycles. The molecule has 2 N–H and O–H groups in total. The molecule has 0 saturated heterocycles. The molecule has 0 fully saturated rings. The standard InChI is InChI=1S/C30H35N3O7/c1-36-25-9-8-19(16-27(25)38-3)15-22-29-21(24(10-11-26(29)37-2)40-18-28(34)39-4)12-14-33(22)23(30(31)35)17-20-7-5-6-13-32-20/h5-11,13,16,22-23H,12,14-15,17-18H2,1-4H3,(H2,31,35). The fourth-order valence-electron chi connectivity index (χ4n) is 5.24. The van der Waals surface area contributed by atoms with E-state index in [-0.39, 0.29) is 12.6 Å². The van der Waals surface area contributed by atoms with Crippen LogP contribution < -0.4 is 24.7 Å². The number of aromatic nitrogens is 1. The number of carbonyl (C=O) groups is 2. The second kappa shape index (κ2) is 13.2. The third kappa shape index (κ3) is 6.28. The average molecular weight is 550 g/mol. The highest BCUT2D eigenvalue weighted by atomic mass is 16.6. The van der Waals surface area contributed by atoms with E-state index in [9.17, 15) is 9.59 Å². The number of carbonyl (C=O) groups excluding carboxylic acids is 2. The summed E-state index contributed by atoms with van der Waals surface area (Å²) >= 11 is 0. The van der Waals surface area contributed by atoms with Crippen LogP contribution in [0.4, 0.5) is 0 Å². The van der Waals surface area contributed by atoms with Crippen LogP contribution in [-0.2, 0) is 33.6 Å². The van der Waals surface area contributed by atoms with E-state index in [1.807, 2.05) is 42.5 Å². The number of benzene rings is 2. The van der Waals surface area contributed by atoms with Gasteiger partial charge in [0, 0.05) is 42.0 Å². The summed E-state index contributed by atoms with van der Waals surface area (Å²) in [6.07, 6.45) is 3.12. The van der Waals surface area contributed by atoms with Crippen LogP contribution in [0.15, 0.2) is 54.7 Å². The largest absolute Gasteiger partial charge is 0.496 e. The van der Waals surface area contributed by atoms with Crippen molar-refractivity contribution in [2.45, 2.75) is 31.3 Å². The second-order valence-electron chi connectivity index (χ2n) is 9.36. The summed E-state index contributed by atoms with van der Waals surface area (Å²) in [6.45, 7) is 0.302. The minimum Gasteiger partial charge on any atom is -0.496 e. The molecule has 0 bridgehead atoms. The lowest BCUT2D eigenvalue weighted by Gasteiger charge is -2.42. The Balaban J connectivity index is 1.81. The summed E-state index contributed by atoms with van der Waals surface area (Å²) in [4.78, 5) is 31.3. The van der Waals surface area contributed by atoms with Gasteiger partial charge in [-0.2, -0.15) is 0 Å². The number of primary amides is 1. The lowest BCUT2D eigenvalue weighted by molar-refractivity contribution is -0.143. The number of methoxy groups -OCH3 is 4. The average Bonchev–Trinajstić information content (AvgIpc) is 2.98. The van der Waals surface area contributed by atoms with E-state index in [0.29, 0.717) is 48.8 Å². The second-order valence-corrected chi connectivity index (χ2v) is 9.36. The maximum Gasteiger partial charge on any atom is 0.343 e. The molecule has 2 unspecified atom stereocenters. The number of pyridine rings is 1. The first-order valence-corrected chi connectivity index (χ1v) is 12.9. The molecule has 1 amide bonds. The van der Waals surface area contributed by atoms with Crippen molar-refractivity contribution in [1.82, 2.24) is 9.88 Å². The van der Waals surface area contributed by atoms with E-state index in [4.69, 9.17) is 29.4 Å². The molecular weight excluding hydrogens is 514 g/mol. The van der Waals surface area contributed by atoms with Gasteiger partial charge in [-0.15, -0.1) is 0 Å². The predicted molar refractivity (Wildman–Crippen MR) is 148 cm³/mol. The van der Waals surface area contributed by atoms with Gasteiger partial charge in [0.15, 0.2) is 18.1 Å². The molecule has 2 heterocycles. The van der Waals surface area contributed by atoms with Crippen molar-refractivity contribution < 1.29 is 33.3 Å². The Kier molecular flexibility index (Phi) is 9.44. The molecule has 40 heavy (non-hydrogen) atoms. The Hall–Kier alpha value is -4.31. The number of fused-ring (bicyclic) bond motifs is 1. The molecule has 212 valence electrons. The monoisotopic (exact) mass is 549 g/mol. The maximum atomic E-state index is 12.9. The van der Waals surface area contributed by atoms with Gasteiger partial charge in [-0.25, -0.2) is 4.79 Å². The van der Waals surface area contributed by atoms with Crippen LogP contribution in [-0.4, -0.2) is 69.4 Å². The van der Waals surface area contributed by atoms with E-state index in [0.717, 1.165) is 22.4 Å².